The second kappa shape index (κ2) is 9.09. The zero-order valence-electron chi connectivity index (χ0n) is 17.5. The van der Waals surface area contributed by atoms with E-state index in [9.17, 15) is 26.7 Å². The second-order valence-corrected chi connectivity index (χ2v) is 7.64. The van der Waals surface area contributed by atoms with Gasteiger partial charge in [-0.25, -0.2) is 13.8 Å². The maximum atomic E-state index is 14.5. The molecule has 0 N–H and O–H groups in total. The van der Waals surface area contributed by atoms with Gasteiger partial charge in [-0.2, -0.15) is 18.4 Å². The van der Waals surface area contributed by atoms with Crippen LogP contribution in [-0.2, 0) is 25.7 Å². The lowest BCUT2D eigenvalue weighted by Crippen LogP contribution is -2.24. The molecule has 34 heavy (non-hydrogen) atoms. The normalized spacial score (nSPS) is 13.1. The van der Waals surface area contributed by atoms with Crippen molar-refractivity contribution in [1.29, 1.82) is 5.26 Å². The van der Waals surface area contributed by atoms with Crippen molar-refractivity contribution in [3.63, 3.8) is 0 Å². The molecule has 0 saturated heterocycles. The number of aromatic nitrogens is 1. The summed E-state index contributed by atoms with van der Waals surface area (Å²) in [6.45, 7) is 0.0735. The third-order valence-electron chi connectivity index (χ3n) is 5.33. The van der Waals surface area contributed by atoms with Gasteiger partial charge in [-0.1, -0.05) is 12.1 Å². The van der Waals surface area contributed by atoms with Gasteiger partial charge in [-0.05, 0) is 47.9 Å². The summed E-state index contributed by atoms with van der Waals surface area (Å²) in [4.78, 5) is 18.3. The Balaban J connectivity index is 1.54. The number of pyridine rings is 1. The highest BCUT2D eigenvalue weighted by atomic mass is 19.4. The summed E-state index contributed by atoms with van der Waals surface area (Å²) >= 11 is 0. The lowest BCUT2D eigenvalue weighted by Gasteiger charge is -2.16. The third kappa shape index (κ3) is 4.69. The fourth-order valence-corrected chi connectivity index (χ4v) is 3.63. The number of nitrogens with zero attached hydrogens (tertiary/aromatic N) is 3. The minimum absolute atomic E-state index is 0.0350. The van der Waals surface area contributed by atoms with E-state index in [4.69, 9.17) is 10.00 Å². The van der Waals surface area contributed by atoms with E-state index in [0.29, 0.717) is 29.7 Å². The largest absolute Gasteiger partial charge is 0.435 e. The number of carbonyl (C=O) groups excluding carboxylic acids is 1. The van der Waals surface area contributed by atoms with Crippen molar-refractivity contribution in [1.82, 2.24) is 9.88 Å². The first kappa shape index (κ1) is 23.2. The van der Waals surface area contributed by atoms with Crippen molar-refractivity contribution in [3.8, 4) is 17.7 Å². The first-order valence-corrected chi connectivity index (χ1v) is 10.1. The average molecular weight is 473 g/mol. The minimum Gasteiger partial charge on any atom is -0.435 e. The SMILES string of the molecule is N#CCCc1ccc(CN2Cc3ccnc(Oc4ccc(C(F)(F)F)cc4F)c3C2=O)c(F)c1. The number of hydrogen-bond acceptors (Lipinski definition) is 4. The van der Waals surface area contributed by atoms with Crippen molar-refractivity contribution in [2.75, 3.05) is 0 Å². The molecule has 1 amide bonds. The summed E-state index contributed by atoms with van der Waals surface area (Å²) in [5, 5.41) is 8.66. The van der Waals surface area contributed by atoms with Gasteiger partial charge in [0.1, 0.15) is 11.4 Å². The molecule has 1 aliphatic heterocycles. The van der Waals surface area contributed by atoms with Crippen LogP contribution in [0.2, 0.25) is 0 Å². The van der Waals surface area contributed by atoms with Crippen LogP contribution in [0, 0.1) is 23.0 Å². The van der Waals surface area contributed by atoms with Crippen molar-refractivity contribution >= 4 is 5.91 Å². The molecule has 174 valence electrons. The van der Waals surface area contributed by atoms with Crippen LogP contribution in [0.4, 0.5) is 22.0 Å². The van der Waals surface area contributed by atoms with Crippen molar-refractivity contribution in [2.24, 2.45) is 0 Å². The molecule has 1 aromatic heterocycles. The first-order valence-electron chi connectivity index (χ1n) is 10.1. The van der Waals surface area contributed by atoms with E-state index in [1.54, 1.807) is 18.2 Å². The Labute approximate surface area is 191 Å². The van der Waals surface area contributed by atoms with Crippen LogP contribution in [0.15, 0.2) is 48.7 Å². The molecule has 0 spiro atoms. The highest BCUT2D eigenvalue weighted by Crippen LogP contribution is 2.36. The van der Waals surface area contributed by atoms with Gasteiger partial charge in [0.25, 0.3) is 5.91 Å². The summed E-state index contributed by atoms with van der Waals surface area (Å²) in [6.07, 6.45) is -2.72. The first-order chi connectivity index (χ1) is 16.2. The summed E-state index contributed by atoms with van der Waals surface area (Å²) in [5.74, 6) is -3.07. The Morgan fingerprint density at radius 1 is 1.09 bits per heavy atom. The average Bonchev–Trinajstić information content (AvgIpc) is 3.10. The second-order valence-electron chi connectivity index (χ2n) is 7.64. The van der Waals surface area contributed by atoms with Crippen LogP contribution >= 0.6 is 0 Å². The van der Waals surface area contributed by atoms with E-state index in [0.717, 1.165) is 6.07 Å². The van der Waals surface area contributed by atoms with E-state index in [1.165, 1.54) is 17.2 Å². The van der Waals surface area contributed by atoms with E-state index < -0.39 is 35.0 Å². The molecule has 2 aromatic carbocycles. The molecule has 0 unspecified atom stereocenters. The topological polar surface area (TPSA) is 66.2 Å². The maximum absolute atomic E-state index is 14.5. The molecular weight excluding hydrogens is 457 g/mol. The number of aryl methyl sites for hydroxylation is 1. The number of amides is 1. The molecular formula is C24H16F5N3O2. The number of fused-ring (bicyclic) bond motifs is 1. The molecule has 0 radical (unpaired) electrons. The van der Waals surface area contributed by atoms with Crippen LogP contribution in [0.3, 0.4) is 0 Å². The van der Waals surface area contributed by atoms with Gasteiger partial charge < -0.3 is 9.64 Å². The monoisotopic (exact) mass is 473 g/mol. The molecule has 5 nitrogen and oxygen atoms in total. The molecule has 0 aliphatic carbocycles. The zero-order valence-corrected chi connectivity index (χ0v) is 17.5. The lowest BCUT2D eigenvalue weighted by atomic mass is 10.1. The highest BCUT2D eigenvalue weighted by molar-refractivity contribution is 6.00. The zero-order chi connectivity index (χ0) is 24.5. The molecule has 4 rings (SSSR count). The molecule has 0 fully saturated rings. The Hall–Kier alpha value is -4.00. The predicted molar refractivity (Wildman–Crippen MR) is 110 cm³/mol. The van der Waals surface area contributed by atoms with Crippen LogP contribution in [0.5, 0.6) is 11.6 Å². The van der Waals surface area contributed by atoms with Gasteiger partial charge in [0.15, 0.2) is 11.6 Å². The van der Waals surface area contributed by atoms with Crippen LogP contribution < -0.4 is 4.74 Å². The summed E-state index contributed by atoms with van der Waals surface area (Å²) in [5.41, 5.74) is 0.302. The molecule has 0 atom stereocenters. The molecule has 0 saturated carbocycles. The van der Waals surface area contributed by atoms with Gasteiger partial charge in [0.2, 0.25) is 5.88 Å². The van der Waals surface area contributed by atoms with Crippen LogP contribution in [-0.4, -0.2) is 15.8 Å². The number of halogens is 5. The maximum Gasteiger partial charge on any atom is 0.416 e. The molecule has 10 heteroatoms. The van der Waals surface area contributed by atoms with Gasteiger partial charge in [0, 0.05) is 31.3 Å². The fourth-order valence-electron chi connectivity index (χ4n) is 3.63. The van der Waals surface area contributed by atoms with Crippen molar-refractivity contribution < 1.29 is 31.5 Å². The van der Waals surface area contributed by atoms with E-state index in [-0.39, 0.29) is 36.5 Å². The fraction of sp³-hybridized carbons (Fsp3) is 0.208. The highest BCUT2D eigenvalue weighted by Gasteiger charge is 2.34. The molecule has 2 heterocycles. The van der Waals surface area contributed by atoms with Crippen molar-refractivity contribution in [2.45, 2.75) is 32.1 Å². The summed E-state index contributed by atoms with van der Waals surface area (Å²) in [6, 6.07) is 9.90. The van der Waals surface area contributed by atoms with Gasteiger partial charge in [-0.3, -0.25) is 4.79 Å². The molecule has 3 aromatic rings. The lowest BCUT2D eigenvalue weighted by molar-refractivity contribution is -0.137. The van der Waals surface area contributed by atoms with Gasteiger partial charge in [-0.15, -0.1) is 0 Å². The summed E-state index contributed by atoms with van der Waals surface area (Å²) in [7, 11) is 0. The standard InChI is InChI=1S/C24H16F5N3O2/c25-18-10-14(2-1-8-30)3-4-15(18)12-32-13-16-7-9-31-22(21(16)23(32)33)34-20-6-5-17(11-19(20)26)24(27,28)29/h3-7,9-11H,1-2,12-13H2. The Morgan fingerprint density at radius 3 is 2.56 bits per heavy atom. The van der Waals surface area contributed by atoms with Gasteiger partial charge >= 0.3 is 6.18 Å². The number of hydrogen-bond donors (Lipinski definition) is 0. The Morgan fingerprint density at radius 2 is 1.88 bits per heavy atom. The van der Waals surface area contributed by atoms with E-state index in [2.05, 4.69) is 4.98 Å². The minimum atomic E-state index is -4.72. The number of carbonyl (C=O) groups is 1. The quantitative estimate of drug-likeness (QED) is 0.426. The molecule has 1 aliphatic rings. The van der Waals surface area contributed by atoms with Crippen molar-refractivity contribution in [3.05, 3.63) is 88.1 Å². The van der Waals surface area contributed by atoms with E-state index >= 15 is 0 Å². The van der Waals surface area contributed by atoms with Gasteiger partial charge in [0.05, 0.1) is 11.6 Å². The van der Waals surface area contributed by atoms with Crippen LogP contribution in [0.25, 0.3) is 0 Å². The predicted octanol–water partition coefficient (Wildman–Crippen LogP) is 5.78. The van der Waals surface area contributed by atoms with Crippen LogP contribution in [0.1, 0.15) is 39.0 Å². The number of rotatable bonds is 6. The number of benzene rings is 2. The Bertz CT molecular complexity index is 1300. The number of alkyl halides is 3. The third-order valence-corrected chi connectivity index (χ3v) is 5.33. The van der Waals surface area contributed by atoms with E-state index in [1.807, 2.05) is 6.07 Å². The smallest absolute Gasteiger partial charge is 0.416 e. The Kier molecular flexibility index (Phi) is 6.20. The summed E-state index contributed by atoms with van der Waals surface area (Å²) < 4.78 is 72.5. The number of ether oxygens (including phenoxy) is 1. The number of nitriles is 1. The molecule has 0 bridgehead atoms.